The second-order valence-corrected chi connectivity index (χ2v) is 7.39. The van der Waals surface area contributed by atoms with E-state index in [4.69, 9.17) is 0 Å². The maximum atomic E-state index is 12.3. The van der Waals surface area contributed by atoms with Crippen LogP contribution in [0, 0.1) is 0 Å². The summed E-state index contributed by atoms with van der Waals surface area (Å²) in [4.78, 5) is 12.3. The van der Waals surface area contributed by atoms with Crippen LogP contribution in [0.25, 0.3) is 0 Å². The Kier molecular flexibility index (Phi) is 6.19. The molecule has 0 bridgehead atoms. The monoisotopic (exact) mass is 323 g/mol. The molecule has 2 aromatic carbocycles. The first-order valence-corrected chi connectivity index (χ1v) is 8.84. The number of carbonyl (C=O) groups excluding carboxylic acids is 1. The van der Waals surface area contributed by atoms with Gasteiger partial charge in [0.05, 0.1) is 6.04 Å². The highest BCUT2D eigenvalue weighted by Crippen LogP contribution is 2.22. The molecule has 1 atom stereocenters. The van der Waals surface area contributed by atoms with E-state index in [2.05, 4.69) is 69.4 Å². The molecule has 1 unspecified atom stereocenters. The van der Waals surface area contributed by atoms with Crippen molar-refractivity contribution in [2.24, 2.45) is 0 Å². The van der Waals surface area contributed by atoms with Gasteiger partial charge in [0.25, 0.3) is 0 Å². The van der Waals surface area contributed by atoms with Gasteiger partial charge in [-0.1, -0.05) is 82.3 Å². The Hall–Kier alpha value is -2.09. The topological polar surface area (TPSA) is 29.1 Å². The summed E-state index contributed by atoms with van der Waals surface area (Å²) in [5.74, 6) is 0.116. The second kappa shape index (κ2) is 8.14. The van der Waals surface area contributed by atoms with Crippen molar-refractivity contribution in [3.8, 4) is 0 Å². The normalized spacial score (nSPS) is 12.7. The fraction of sp³-hybridized carbons (Fsp3) is 0.409. The first-order valence-electron chi connectivity index (χ1n) is 8.84. The van der Waals surface area contributed by atoms with E-state index in [-0.39, 0.29) is 17.4 Å². The third-order valence-electron chi connectivity index (χ3n) is 4.41. The standard InChI is InChI=1S/C22H29NO/c1-5-20(18-9-7-6-8-10-18)23-21(24)16-13-17-11-14-19(15-12-17)22(2,3)4/h6-12,14-15,20H,5,13,16H2,1-4H3,(H,23,24). The van der Waals surface area contributed by atoms with Gasteiger partial charge in [-0.3, -0.25) is 4.79 Å². The molecule has 1 amide bonds. The predicted molar refractivity (Wildman–Crippen MR) is 101 cm³/mol. The number of amides is 1. The molecule has 2 rings (SSSR count). The zero-order chi connectivity index (χ0) is 17.6. The summed E-state index contributed by atoms with van der Waals surface area (Å²) >= 11 is 0. The summed E-state index contributed by atoms with van der Waals surface area (Å²) < 4.78 is 0. The van der Waals surface area contributed by atoms with Crippen LogP contribution in [0.15, 0.2) is 54.6 Å². The molecular formula is C22H29NO. The minimum Gasteiger partial charge on any atom is -0.349 e. The molecule has 24 heavy (non-hydrogen) atoms. The molecule has 0 aliphatic heterocycles. The van der Waals surface area contributed by atoms with Crippen LogP contribution in [0.3, 0.4) is 0 Å². The molecule has 0 saturated carbocycles. The van der Waals surface area contributed by atoms with E-state index in [0.29, 0.717) is 6.42 Å². The lowest BCUT2D eigenvalue weighted by molar-refractivity contribution is -0.121. The molecule has 0 aliphatic carbocycles. The van der Waals surface area contributed by atoms with Gasteiger partial charge >= 0.3 is 0 Å². The molecule has 0 radical (unpaired) electrons. The van der Waals surface area contributed by atoms with Gasteiger partial charge in [0, 0.05) is 6.42 Å². The lowest BCUT2D eigenvalue weighted by atomic mass is 9.86. The lowest BCUT2D eigenvalue weighted by Crippen LogP contribution is -2.28. The summed E-state index contributed by atoms with van der Waals surface area (Å²) in [7, 11) is 0. The van der Waals surface area contributed by atoms with Crippen LogP contribution in [0.4, 0.5) is 0 Å². The molecule has 2 nitrogen and oxygen atoms in total. The Morgan fingerprint density at radius 3 is 2.17 bits per heavy atom. The van der Waals surface area contributed by atoms with E-state index < -0.39 is 0 Å². The second-order valence-electron chi connectivity index (χ2n) is 7.39. The smallest absolute Gasteiger partial charge is 0.220 e. The summed E-state index contributed by atoms with van der Waals surface area (Å²) in [6.45, 7) is 8.74. The molecule has 0 fully saturated rings. The summed E-state index contributed by atoms with van der Waals surface area (Å²) in [5, 5.41) is 3.15. The first kappa shape index (κ1) is 18.3. The highest BCUT2D eigenvalue weighted by molar-refractivity contribution is 5.76. The van der Waals surface area contributed by atoms with Crippen molar-refractivity contribution in [2.75, 3.05) is 0 Å². The van der Waals surface area contributed by atoms with Crippen molar-refractivity contribution in [1.29, 1.82) is 0 Å². The van der Waals surface area contributed by atoms with Gasteiger partial charge < -0.3 is 5.32 Å². The zero-order valence-corrected chi connectivity index (χ0v) is 15.3. The largest absolute Gasteiger partial charge is 0.349 e. The van der Waals surface area contributed by atoms with Gasteiger partial charge in [-0.15, -0.1) is 0 Å². The zero-order valence-electron chi connectivity index (χ0n) is 15.3. The van der Waals surface area contributed by atoms with Crippen molar-refractivity contribution in [3.63, 3.8) is 0 Å². The molecule has 128 valence electrons. The van der Waals surface area contributed by atoms with Crippen molar-refractivity contribution >= 4 is 5.91 Å². The molecule has 2 aromatic rings. The fourth-order valence-electron chi connectivity index (χ4n) is 2.80. The first-order chi connectivity index (χ1) is 11.4. The van der Waals surface area contributed by atoms with Crippen molar-refractivity contribution in [3.05, 3.63) is 71.3 Å². The van der Waals surface area contributed by atoms with Gasteiger partial charge in [-0.25, -0.2) is 0 Å². The molecule has 0 aliphatic rings. The Morgan fingerprint density at radius 2 is 1.62 bits per heavy atom. The maximum Gasteiger partial charge on any atom is 0.220 e. The highest BCUT2D eigenvalue weighted by atomic mass is 16.1. The molecule has 0 heterocycles. The highest BCUT2D eigenvalue weighted by Gasteiger charge is 2.14. The van der Waals surface area contributed by atoms with E-state index in [1.807, 2.05) is 18.2 Å². The SMILES string of the molecule is CCC(NC(=O)CCc1ccc(C(C)(C)C)cc1)c1ccccc1. The Balaban J connectivity index is 1.88. The maximum absolute atomic E-state index is 12.3. The summed E-state index contributed by atoms with van der Waals surface area (Å²) in [6, 6.07) is 18.9. The van der Waals surface area contributed by atoms with E-state index >= 15 is 0 Å². The number of hydrogen-bond donors (Lipinski definition) is 1. The Labute approximate surface area is 146 Å². The van der Waals surface area contributed by atoms with Crippen LogP contribution in [0.1, 0.15) is 63.3 Å². The minimum atomic E-state index is 0.0990. The fourth-order valence-corrected chi connectivity index (χ4v) is 2.80. The number of nitrogens with one attached hydrogen (secondary N) is 1. The van der Waals surface area contributed by atoms with Crippen LogP contribution in [-0.4, -0.2) is 5.91 Å². The van der Waals surface area contributed by atoms with Gasteiger partial charge in [0.15, 0.2) is 0 Å². The average molecular weight is 323 g/mol. The Morgan fingerprint density at radius 1 is 1.00 bits per heavy atom. The van der Waals surface area contributed by atoms with Crippen LogP contribution in [0.2, 0.25) is 0 Å². The minimum absolute atomic E-state index is 0.0990. The van der Waals surface area contributed by atoms with E-state index in [9.17, 15) is 4.79 Å². The van der Waals surface area contributed by atoms with Crippen LogP contribution in [0.5, 0.6) is 0 Å². The molecular weight excluding hydrogens is 294 g/mol. The number of rotatable bonds is 6. The number of aryl methyl sites for hydroxylation is 1. The van der Waals surface area contributed by atoms with E-state index in [1.165, 1.54) is 16.7 Å². The number of hydrogen-bond acceptors (Lipinski definition) is 1. The van der Waals surface area contributed by atoms with Crippen molar-refractivity contribution in [1.82, 2.24) is 5.32 Å². The van der Waals surface area contributed by atoms with Gasteiger partial charge in [0.2, 0.25) is 5.91 Å². The average Bonchev–Trinajstić information content (AvgIpc) is 2.58. The molecule has 0 spiro atoms. The molecule has 2 heteroatoms. The summed E-state index contributed by atoms with van der Waals surface area (Å²) in [5.41, 5.74) is 3.87. The molecule has 1 N–H and O–H groups in total. The van der Waals surface area contributed by atoms with Crippen LogP contribution in [-0.2, 0) is 16.6 Å². The molecule has 0 saturated heterocycles. The molecule has 0 aromatic heterocycles. The third kappa shape index (κ3) is 5.23. The van der Waals surface area contributed by atoms with E-state index in [1.54, 1.807) is 0 Å². The van der Waals surface area contributed by atoms with Crippen molar-refractivity contribution < 1.29 is 4.79 Å². The van der Waals surface area contributed by atoms with Gasteiger partial charge in [-0.05, 0) is 34.9 Å². The van der Waals surface area contributed by atoms with Crippen LogP contribution >= 0.6 is 0 Å². The Bertz CT molecular complexity index is 638. The van der Waals surface area contributed by atoms with Crippen molar-refractivity contribution in [2.45, 2.75) is 58.4 Å². The number of benzene rings is 2. The van der Waals surface area contributed by atoms with Gasteiger partial charge in [-0.2, -0.15) is 0 Å². The quantitative estimate of drug-likeness (QED) is 0.779. The lowest BCUT2D eigenvalue weighted by Gasteiger charge is -2.19. The van der Waals surface area contributed by atoms with Gasteiger partial charge in [0.1, 0.15) is 0 Å². The van der Waals surface area contributed by atoms with E-state index in [0.717, 1.165) is 12.8 Å². The summed E-state index contributed by atoms with van der Waals surface area (Å²) in [6.07, 6.45) is 2.20. The third-order valence-corrected chi connectivity index (χ3v) is 4.41. The predicted octanol–water partition coefficient (Wildman–Crippen LogP) is 5.18. The number of carbonyl (C=O) groups is 1. The van der Waals surface area contributed by atoms with Crippen LogP contribution < -0.4 is 5.32 Å².